The third-order valence-corrected chi connectivity index (χ3v) is 4.65. The minimum Gasteiger partial charge on any atom is -0.477 e. The van der Waals surface area contributed by atoms with Crippen LogP contribution in [0.5, 0.6) is 0 Å². The van der Waals surface area contributed by atoms with Crippen LogP contribution in [0.25, 0.3) is 0 Å². The molecule has 0 unspecified atom stereocenters. The van der Waals surface area contributed by atoms with Crippen molar-refractivity contribution < 1.29 is 14.7 Å². The predicted molar refractivity (Wildman–Crippen MR) is 74.8 cm³/mol. The zero-order valence-corrected chi connectivity index (χ0v) is 12.1. The van der Waals surface area contributed by atoms with E-state index in [1.165, 1.54) is 25.3 Å². The zero-order valence-electron chi connectivity index (χ0n) is 11.3. The average Bonchev–Trinajstić information content (AvgIpc) is 2.75. The van der Waals surface area contributed by atoms with Crippen molar-refractivity contribution in [3.63, 3.8) is 0 Å². The van der Waals surface area contributed by atoms with Gasteiger partial charge < -0.3 is 10.0 Å². The number of nitrogens with zero attached hydrogens (tertiary/aromatic N) is 1. The molecule has 5 heteroatoms. The second kappa shape index (κ2) is 5.74. The van der Waals surface area contributed by atoms with Crippen LogP contribution in [0.1, 0.15) is 52.5 Å². The largest absolute Gasteiger partial charge is 0.477 e. The van der Waals surface area contributed by atoms with Crippen LogP contribution in [0.4, 0.5) is 0 Å². The summed E-state index contributed by atoms with van der Waals surface area (Å²) in [6, 6.07) is 3.26. The third-order valence-electron chi connectivity index (χ3n) is 3.59. The first kappa shape index (κ1) is 14.1. The Bertz CT molecular complexity index is 477. The minimum atomic E-state index is -0.973. The maximum Gasteiger partial charge on any atom is 0.345 e. The quantitative estimate of drug-likeness (QED) is 0.902. The Morgan fingerprint density at radius 2 is 2.00 bits per heavy atom. The Balaban J connectivity index is 2.10. The Hall–Kier alpha value is -1.36. The smallest absolute Gasteiger partial charge is 0.345 e. The van der Waals surface area contributed by atoms with E-state index in [2.05, 4.69) is 0 Å². The molecule has 2 rings (SSSR count). The van der Waals surface area contributed by atoms with Crippen molar-refractivity contribution in [1.29, 1.82) is 0 Å². The number of carboxylic acids is 1. The summed E-state index contributed by atoms with van der Waals surface area (Å²) in [5, 5.41) is 8.91. The summed E-state index contributed by atoms with van der Waals surface area (Å²) in [7, 11) is 0. The van der Waals surface area contributed by atoms with Crippen LogP contribution < -0.4 is 0 Å². The topological polar surface area (TPSA) is 57.6 Å². The van der Waals surface area contributed by atoms with Gasteiger partial charge in [-0.25, -0.2) is 4.79 Å². The van der Waals surface area contributed by atoms with Gasteiger partial charge in [-0.15, -0.1) is 11.3 Å². The number of carboxylic acid groups (broad SMARTS) is 1. The Morgan fingerprint density at radius 3 is 2.42 bits per heavy atom. The van der Waals surface area contributed by atoms with Gasteiger partial charge in [-0.3, -0.25) is 4.79 Å². The monoisotopic (exact) mass is 281 g/mol. The molecule has 1 aliphatic carbocycles. The first-order chi connectivity index (χ1) is 8.99. The third kappa shape index (κ3) is 3.15. The fourth-order valence-corrected chi connectivity index (χ4v) is 2.99. The lowest BCUT2D eigenvalue weighted by molar-refractivity contribution is 0.0637. The number of amides is 1. The van der Waals surface area contributed by atoms with Gasteiger partial charge >= 0.3 is 5.97 Å². The van der Waals surface area contributed by atoms with Gasteiger partial charge in [0.2, 0.25) is 0 Å². The number of hydrogen-bond donors (Lipinski definition) is 1. The fourth-order valence-electron chi connectivity index (χ4n) is 2.19. The van der Waals surface area contributed by atoms with Crippen molar-refractivity contribution in [2.24, 2.45) is 5.92 Å². The molecule has 19 heavy (non-hydrogen) atoms. The van der Waals surface area contributed by atoms with Gasteiger partial charge in [-0.05, 0) is 44.7 Å². The lowest BCUT2D eigenvalue weighted by atomic mass is 9.85. The van der Waals surface area contributed by atoms with E-state index in [0.717, 1.165) is 17.9 Å². The lowest BCUT2D eigenvalue weighted by Crippen LogP contribution is -2.41. The van der Waals surface area contributed by atoms with E-state index in [4.69, 9.17) is 5.11 Å². The van der Waals surface area contributed by atoms with Crippen molar-refractivity contribution in [2.45, 2.75) is 39.2 Å². The van der Waals surface area contributed by atoms with Gasteiger partial charge in [-0.1, -0.05) is 6.42 Å². The summed E-state index contributed by atoms with van der Waals surface area (Å²) < 4.78 is 0. The van der Waals surface area contributed by atoms with Crippen molar-refractivity contribution in [3.8, 4) is 0 Å². The van der Waals surface area contributed by atoms with E-state index in [-0.39, 0.29) is 16.8 Å². The molecule has 1 heterocycles. The molecule has 1 N–H and O–H groups in total. The second-order valence-corrected chi connectivity index (χ2v) is 6.40. The van der Waals surface area contributed by atoms with Gasteiger partial charge in [0, 0.05) is 12.6 Å². The number of hydrogen-bond acceptors (Lipinski definition) is 3. The van der Waals surface area contributed by atoms with E-state index in [0.29, 0.717) is 10.8 Å². The second-order valence-electron chi connectivity index (χ2n) is 5.32. The minimum absolute atomic E-state index is 0.0422. The fraction of sp³-hybridized carbons (Fsp3) is 0.571. The summed E-state index contributed by atoms with van der Waals surface area (Å²) in [6.07, 6.45) is 3.65. The summed E-state index contributed by atoms with van der Waals surface area (Å²) in [6.45, 7) is 4.79. The highest BCUT2D eigenvalue weighted by Crippen LogP contribution is 2.29. The van der Waals surface area contributed by atoms with Crippen LogP contribution in [-0.2, 0) is 0 Å². The van der Waals surface area contributed by atoms with Gasteiger partial charge in [0.1, 0.15) is 4.88 Å². The van der Waals surface area contributed by atoms with Crippen LogP contribution in [0.2, 0.25) is 0 Å². The van der Waals surface area contributed by atoms with Crippen LogP contribution >= 0.6 is 11.3 Å². The molecule has 1 aromatic heterocycles. The number of rotatable bonds is 5. The van der Waals surface area contributed by atoms with Crippen LogP contribution in [-0.4, -0.2) is 34.5 Å². The molecule has 1 amide bonds. The molecule has 0 bridgehead atoms. The van der Waals surface area contributed by atoms with Crippen molar-refractivity contribution >= 4 is 23.2 Å². The highest BCUT2D eigenvalue weighted by Gasteiger charge is 2.27. The average molecular weight is 281 g/mol. The van der Waals surface area contributed by atoms with E-state index < -0.39 is 5.97 Å². The number of carbonyl (C=O) groups excluding carboxylic acids is 1. The maximum atomic E-state index is 12.4. The molecule has 1 aliphatic rings. The molecule has 0 aliphatic heterocycles. The van der Waals surface area contributed by atoms with E-state index >= 15 is 0 Å². The van der Waals surface area contributed by atoms with Gasteiger partial charge in [-0.2, -0.15) is 0 Å². The summed E-state index contributed by atoms with van der Waals surface area (Å²) >= 11 is 1.06. The first-order valence-electron chi connectivity index (χ1n) is 6.63. The van der Waals surface area contributed by atoms with E-state index in [1.54, 1.807) is 6.07 Å². The lowest BCUT2D eigenvalue weighted by Gasteiger charge is -2.34. The molecule has 1 aromatic rings. The molecule has 0 aromatic carbocycles. The number of thiophene rings is 1. The van der Waals surface area contributed by atoms with Crippen LogP contribution in [0, 0.1) is 5.92 Å². The van der Waals surface area contributed by atoms with E-state index in [9.17, 15) is 9.59 Å². The van der Waals surface area contributed by atoms with E-state index in [1.807, 2.05) is 18.7 Å². The maximum absolute atomic E-state index is 12.4. The van der Waals surface area contributed by atoms with Gasteiger partial charge in [0.25, 0.3) is 5.91 Å². The van der Waals surface area contributed by atoms with Crippen molar-refractivity contribution in [3.05, 3.63) is 21.9 Å². The normalized spacial score (nSPS) is 15.3. The Morgan fingerprint density at radius 1 is 1.37 bits per heavy atom. The summed E-state index contributed by atoms with van der Waals surface area (Å²) in [5.74, 6) is -0.399. The van der Waals surface area contributed by atoms with Crippen molar-refractivity contribution in [1.82, 2.24) is 4.90 Å². The zero-order chi connectivity index (χ0) is 14.0. The summed E-state index contributed by atoms with van der Waals surface area (Å²) in [5.41, 5.74) is 0. The number of aromatic carboxylic acids is 1. The summed E-state index contributed by atoms with van der Waals surface area (Å²) in [4.78, 5) is 25.9. The molecule has 0 atom stereocenters. The first-order valence-corrected chi connectivity index (χ1v) is 7.44. The van der Waals surface area contributed by atoms with Gasteiger partial charge in [0.05, 0.1) is 4.88 Å². The molecule has 1 fully saturated rings. The number of carbonyl (C=O) groups is 2. The highest BCUT2D eigenvalue weighted by molar-refractivity contribution is 7.15. The van der Waals surface area contributed by atoms with Crippen molar-refractivity contribution in [2.75, 3.05) is 6.54 Å². The molecule has 0 saturated heterocycles. The van der Waals surface area contributed by atoms with Crippen LogP contribution in [0.3, 0.4) is 0 Å². The SMILES string of the molecule is CC(C)N(CC1CCC1)C(=O)c1ccc(C(=O)O)s1. The standard InChI is InChI=1S/C14H19NO3S/c1-9(2)15(8-10-4-3-5-10)13(16)11-6-7-12(19-11)14(17)18/h6-7,9-10H,3-5,8H2,1-2H3,(H,17,18). The molecule has 104 valence electrons. The molecular formula is C14H19NO3S. The molecular weight excluding hydrogens is 262 g/mol. The molecule has 0 spiro atoms. The van der Waals surface area contributed by atoms with Gasteiger partial charge in [0.15, 0.2) is 0 Å². The molecule has 0 radical (unpaired) electrons. The van der Waals surface area contributed by atoms with Crippen LogP contribution in [0.15, 0.2) is 12.1 Å². The molecule has 4 nitrogen and oxygen atoms in total. The molecule has 1 saturated carbocycles. The predicted octanol–water partition coefficient (Wildman–Crippen LogP) is 3.10. The highest BCUT2D eigenvalue weighted by atomic mass is 32.1. The Kier molecular flexibility index (Phi) is 4.24. The Labute approximate surface area is 117 Å².